The molecule has 3 fully saturated rings. The number of aliphatic hydroxyl groups excluding tert-OH is 1. The zero-order chi connectivity index (χ0) is 20.1. The van der Waals surface area contributed by atoms with Gasteiger partial charge in [-0.3, -0.25) is 0 Å². The lowest BCUT2D eigenvalue weighted by atomic mass is 9.47. The van der Waals surface area contributed by atoms with Crippen molar-refractivity contribution in [1.29, 1.82) is 0 Å². The summed E-state index contributed by atoms with van der Waals surface area (Å²) in [5, 5.41) is 10.2. The minimum Gasteiger partial charge on any atom is -0.393 e. The van der Waals surface area contributed by atoms with Gasteiger partial charge in [-0.25, -0.2) is 0 Å². The van der Waals surface area contributed by atoms with E-state index >= 15 is 0 Å². The minimum atomic E-state index is -0.0376. The Hall–Kier alpha value is -0.300. The summed E-state index contributed by atoms with van der Waals surface area (Å²) in [5.74, 6) is 5.07. The van der Waals surface area contributed by atoms with Crippen LogP contribution < -0.4 is 0 Å². The van der Waals surface area contributed by atoms with Crippen LogP contribution in [0, 0.1) is 46.3 Å². The molecule has 0 radical (unpaired) electrons. The summed E-state index contributed by atoms with van der Waals surface area (Å²) in [6.07, 6.45) is 17.2. The van der Waals surface area contributed by atoms with Gasteiger partial charge in [-0.15, -0.1) is 0 Å². The van der Waals surface area contributed by atoms with E-state index in [9.17, 15) is 5.11 Å². The first kappa shape index (κ1) is 21.0. The molecule has 0 aromatic carbocycles. The third-order valence-corrected chi connectivity index (χ3v) is 10.3. The smallest absolute Gasteiger partial charge is 0.0543 e. The Kier molecular flexibility index (Phi) is 5.80. The molecule has 0 bridgehead atoms. The van der Waals surface area contributed by atoms with Crippen molar-refractivity contribution in [2.45, 2.75) is 111 Å². The summed E-state index contributed by atoms with van der Waals surface area (Å²) in [5.41, 5.74) is 2.89. The summed E-state index contributed by atoms with van der Waals surface area (Å²) < 4.78 is 0. The van der Waals surface area contributed by atoms with E-state index in [-0.39, 0.29) is 6.10 Å². The van der Waals surface area contributed by atoms with Gasteiger partial charge in [-0.2, -0.15) is 0 Å². The van der Waals surface area contributed by atoms with Crippen LogP contribution in [0.15, 0.2) is 11.6 Å². The highest BCUT2D eigenvalue weighted by Gasteiger charge is 2.58. The van der Waals surface area contributed by atoms with Gasteiger partial charge in [0.05, 0.1) is 6.10 Å². The van der Waals surface area contributed by atoms with Crippen LogP contribution in [0.3, 0.4) is 0 Å². The van der Waals surface area contributed by atoms with Gasteiger partial charge in [0.2, 0.25) is 0 Å². The van der Waals surface area contributed by atoms with Gasteiger partial charge in [-0.1, -0.05) is 65.5 Å². The molecule has 0 unspecified atom stereocenters. The largest absolute Gasteiger partial charge is 0.393 e. The van der Waals surface area contributed by atoms with E-state index in [1.807, 2.05) is 5.57 Å². The van der Waals surface area contributed by atoms with Crippen molar-refractivity contribution in [2.75, 3.05) is 0 Å². The first-order chi connectivity index (χ1) is 13.3. The zero-order valence-electron chi connectivity index (χ0n) is 19.3. The summed E-state index contributed by atoms with van der Waals surface area (Å²) in [6, 6.07) is 0. The summed E-state index contributed by atoms with van der Waals surface area (Å²) in [6.45, 7) is 12.6. The van der Waals surface area contributed by atoms with E-state index in [0.29, 0.717) is 10.8 Å². The van der Waals surface area contributed by atoms with E-state index in [0.717, 1.165) is 48.3 Å². The fourth-order valence-corrected chi connectivity index (χ4v) is 8.51. The number of rotatable bonds is 5. The third kappa shape index (κ3) is 3.42. The Morgan fingerprint density at radius 1 is 0.964 bits per heavy atom. The van der Waals surface area contributed by atoms with Crippen LogP contribution in [0.25, 0.3) is 0 Å². The molecule has 0 spiro atoms. The molecule has 1 N–H and O–H groups in total. The van der Waals surface area contributed by atoms with Crippen molar-refractivity contribution in [3.8, 4) is 0 Å². The van der Waals surface area contributed by atoms with Crippen LogP contribution in [-0.2, 0) is 0 Å². The van der Waals surface area contributed by atoms with Gasteiger partial charge in [0.1, 0.15) is 0 Å². The van der Waals surface area contributed by atoms with Gasteiger partial charge >= 0.3 is 0 Å². The van der Waals surface area contributed by atoms with Crippen molar-refractivity contribution in [1.82, 2.24) is 0 Å². The molecule has 3 saturated carbocycles. The monoisotopic (exact) mass is 386 g/mol. The average molecular weight is 387 g/mol. The second kappa shape index (κ2) is 7.75. The predicted molar refractivity (Wildman–Crippen MR) is 119 cm³/mol. The molecule has 0 heterocycles. The average Bonchev–Trinajstić information content (AvgIpc) is 2.99. The second-order valence-corrected chi connectivity index (χ2v) is 12.2. The number of allylic oxidation sites excluding steroid dienone is 2. The first-order valence-electron chi connectivity index (χ1n) is 12.6. The Morgan fingerprint density at radius 2 is 1.68 bits per heavy atom. The van der Waals surface area contributed by atoms with E-state index in [2.05, 4.69) is 40.7 Å². The van der Waals surface area contributed by atoms with Gasteiger partial charge in [-0.05, 0) is 97.7 Å². The van der Waals surface area contributed by atoms with Crippen molar-refractivity contribution >= 4 is 0 Å². The molecule has 0 aliphatic heterocycles. The van der Waals surface area contributed by atoms with Crippen LogP contribution >= 0.6 is 0 Å². The summed E-state index contributed by atoms with van der Waals surface area (Å²) >= 11 is 0. The molecular weight excluding hydrogens is 340 g/mol. The lowest BCUT2D eigenvalue weighted by molar-refractivity contribution is -0.0427. The van der Waals surface area contributed by atoms with Gasteiger partial charge < -0.3 is 5.11 Å². The van der Waals surface area contributed by atoms with E-state index in [1.54, 1.807) is 0 Å². The van der Waals surface area contributed by atoms with Crippen molar-refractivity contribution in [3.63, 3.8) is 0 Å². The van der Waals surface area contributed by atoms with Crippen molar-refractivity contribution < 1.29 is 5.11 Å². The molecule has 0 amide bonds. The number of aliphatic hydroxyl groups is 1. The van der Waals surface area contributed by atoms with Gasteiger partial charge in [0, 0.05) is 0 Å². The molecule has 28 heavy (non-hydrogen) atoms. The van der Waals surface area contributed by atoms with Crippen LogP contribution in [0.1, 0.15) is 105 Å². The molecule has 8 atom stereocenters. The van der Waals surface area contributed by atoms with Crippen molar-refractivity contribution in [2.24, 2.45) is 46.3 Å². The maximum absolute atomic E-state index is 10.2. The van der Waals surface area contributed by atoms with Crippen LogP contribution in [-0.4, -0.2) is 11.2 Å². The normalized spacial score (nSPS) is 46.5. The van der Waals surface area contributed by atoms with E-state index < -0.39 is 0 Å². The quantitative estimate of drug-likeness (QED) is 0.488. The van der Waals surface area contributed by atoms with Gasteiger partial charge in [0.25, 0.3) is 0 Å². The molecule has 0 aromatic heterocycles. The standard InChI is InChI=1S/C27H46O/c1-18(2)7-6-8-19(3)23-11-12-24-22-10-9-20-17-21(28)13-15-26(20,4)25(22)14-16-27(23,24)5/h10,18-21,23-25,28H,6-9,11-17H2,1-5H3/t19-,20+,21-,23-,24+,25+,26+,27-/m1/s1. The van der Waals surface area contributed by atoms with Crippen molar-refractivity contribution in [3.05, 3.63) is 11.6 Å². The minimum absolute atomic E-state index is 0.0376. The van der Waals surface area contributed by atoms with E-state index in [4.69, 9.17) is 0 Å². The maximum Gasteiger partial charge on any atom is 0.0543 e. The number of hydrogen-bond acceptors (Lipinski definition) is 1. The molecule has 1 nitrogen and oxygen atoms in total. The maximum atomic E-state index is 10.2. The van der Waals surface area contributed by atoms with Gasteiger partial charge in [0.15, 0.2) is 0 Å². The Balaban J connectivity index is 1.50. The molecule has 160 valence electrons. The Morgan fingerprint density at radius 3 is 2.43 bits per heavy atom. The molecule has 1 heteroatoms. The number of fused-ring (bicyclic) bond motifs is 5. The van der Waals surface area contributed by atoms with Crippen LogP contribution in [0.4, 0.5) is 0 Å². The number of hydrogen-bond donors (Lipinski definition) is 1. The highest BCUT2D eigenvalue weighted by molar-refractivity contribution is 5.27. The molecule has 4 aliphatic carbocycles. The lowest BCUT2D eigenvalue weighted by Crippen LogP contribution is -2.49. The topological polar surface area (TPSA) is 20.2 Å². The molecule has 4 aliphatic rings. The first-order valence-corrected chi connectivity index (χ1v) is 12.6. The lowest BCUT2D eigenvalue weighted by Gasteiger charge is -2.57. The summed E-state index contributed by atoms with van der Waals surface area (Å²) in [7, 11) is 0. The Labute approximate surface area is 174 Å². The Bertz CT molecular complexity index is 591. The molecule has 0 saturated heterocycles. The third-order valence-electron chi connectivity index (χ3n) is 10.3. The predicted octanol–water partition coefficient (Wildman–Crippen LogP) is 7.39. The fourth-order valence-electron chi connectivity index (χ4n) is 8.51. The SMILES string of the molecule is CC(C)CCC[C@@H](C)[C@H]1CC[C@H]2C3=CC[C@H]4C[C@H](O)CC[C@]4(C)[C@H]3CC[C@]12C. The summed E-state index contributed by atoms with van der Waals surface area (Å²) in [4.78, 5) is 0. The highest BCUT2D eigenvalue weighted by atomic mass is 16.3. The van der Waals surface area contributed by atoms with Crippen LogP contribution in [0.2, 0.25) is 0 Å². The van der Waals surface area contributed by atoms with Crippen LogP contribution in [0.5, 0.6) is 0 Å². The zero-order valence-corrected chi connectivity index (χ0v) is 19.3. The molecule has 0 aromatic rings. The molecular formula is C27H46O. The fraction of sp³-hybridized carbons (Fsp3) is 0.926. The van der Waals surface area contributed by atoms with E-state index in [1.165, 1.54) is 57.8 Å². The highest BCUT2D eigenvalue weighted by Crippen LogP contribution is 2.66. The second-order valence-electron chi connectivity index (χ2n) is 12.2. The molecule has 4 rings (SSSR count).